The lowest BCUT2D eigenvalue weighted by Gasteiger charge is -2.29. The third-order valence-electron chi connectivity index (χ3n) is 5.90. The molecule has 0 bridgehead atoms. The molecule has 1 unspecified atom stereocenters. The fourth-order valence-electron chi connectivity index (χ4n) is 3.96. The van der Waals surface area contributed by atoms with Gasteiger partial charge in [0, 0.05) is 24.6 Å². The molecule has 1 N–H and O–H groups in total. The number of hydrogen-bond donors (Lipinski definition) is 1. The molecule has 39 heavy (non-hydrogen) atoms. The van der Waals surface area contributed by atoms with Crippen molar-refractivity contribution in [1.29, 1.82) is 0 Å². The van der Waals surface area contributed by atoms with Crippen molar-refractivity contribution in [2.75, 3.05) is 13.9 Å². The van der Waals surface area contributed by atoms with Gasteiger partial charge in [0.25, 0.3) is 5.91 Å². The predicted molar refractivity (Wildman–Crippen MR) is 144 cm³/mol. The first-order chi connectivity index (χ1) is 18.6. The van der Waals surface area contributed by atoms with Gasteiger partial charge >= 0.3 is 11.9 Å². The van der Waals surface area contributed by atoms with Crippen LogP contribution in [0.3, 0.4) is 0 Å². The van der Waals surface area contributed by atoms with E-state index in [1.165, 1.54) is 33.2 Å². The van der Waals surface area contributed by atoms with Gasteiger partial charge in [-0.05, 0) is 31.2 Å². The SMILES string of the molecule is COc1ccnc(C(=O)N[C@@H](C)C(=O)OC(C)[C@H](Oc2cccc3ccccc23)C(C)C)c1OCOC(C)=O. The summed E-state index contributed by atoms with van der Waals surface area (Å²) in [5.74, 6) is -1.01. The highest BCUT2D eigenvalue weighted by Gasteiger charge is 2.30. The third-order valence-corrected chi connectivity index (χ3v) is 5.90. The zero-order valence-corrected chi connectivity index (χ0v) is 22.9. The quantitative estimate of drug-likeness (QED) is 0.266. The highest BCUT2D eigenvalue weighted by Crippen LogP contribution is 2.30. The van der Waals surface area contributed by atoms with Crippen molar-refractivity contribution in [2.45, 2.75) is 52.9 Å². The molecular formula is C29H34N2O8. The maximum absolute atomic E-state index is 13.0. The molecule has 0 saturated carbocycles. The molecule has 0 aliphatic carbocycles. The van der Waals surface area contributed by atoms with Gasteiger partial charge in [0.1, 0.15) is 24.0 Å². The van der Waals surface area contributed by atoms with Gasteiger partial charge in [0.2, 0.25) is 6.79 Å². The topological polar surface area (TPSA) is 122 Å². The maximum atomic E-state index is 13.0. The number of fused-ring (bicyclic) bond motifs is 1. The number of nitrogens with zero attached hydrogens (tertiary/aromatic N) is 1. The van der Waals surface area contributed by atoms with E-state index in [1.807, 2.05) is 56.3 Å². The molecule has 1 heterocycles. The average molecular weight is 539 g/mol. The van der Waals surface area contributed by atoms with Crippen LogP contribution in [0.2, 0.25) is 0 Å². The Bertz CT molecular complexity index is 1300. The Morgan fingerprint density at radius 3 is 2.36 bits per heavy atom. The van der Waals surface area contributed by atoms with Gasteiger partial charge in [0.05, 0.1) is 7.11 Å². The van der Waals surface area contributed by atoms with E-state index in [9.17, 15) is 14.4 Å². The van der Waals surface area contributed by atoms with Crippen LogP contribution in [0.25, 0.3) is 10.8 Å². The molecule has 3 atom stereocenters. The zero-order chi connectivity index (χ0) is 28.5. The summed E-state index contributed by atoms with van der Waals surface area (Å²) >= 11 is 0. The predicted octanol–water partition coefficient (Wildman–Crippen LogP) is 4.30. The van der Waals surface area contributed by atoms with Crippen LogP contribution >= 0.6 is 0 Å². The Balaban J connectivity index is 1.68. The van der Waals surface area contributed by atoms with E-state index in [2.05, 4.69) is 10.3 Å². The molecule has 3 aromatic rings. The number of nitrogens with one attached hydrogen (secondary N) is 1. The summed E-state index contributed by atoms with van der Waals surface area (Å²) in [7, 11) is 1.39. The number of benzene rings is 2. The largest absolute Gasteiger partial charge is 0.493 e. The number of carbonyl (C=O) groups excluding carboxylic acids is 3. The van der Waals surface area contributed by atoms with Crippen molar-refractivity contribution in [2.24, 2.45) is 5.92 Å². The van der Waals surface area contributed by atoms with Crippen LogP contribution in [0.1, 0.15) is 45.1 Å². The number of pyridine rings is 1. The Hall–Kier alpha value is -4.34. The number of amides is 1. The van der Waals surface area contributed by atoms with Crippen molar-refractivity contribution >= 4 is 28.6 Å². The van der Waals surface area contributed by atoms with Crippen LogP contribution in [-0.2, 0) is 19.1 Å². The normalized spacial score (nSPS) is 13.2. The second-order valence-electron chi connectivity index (χ2n) is 9.23. The van der Waals surface area contributed by atoms with Gasteiger partial charge < -0.3 is 29.0 Å². The first kappa shape index (κ1) is 29.2. The summed E-state index contributed by atoms with van der Waals surface area (Å²) in [5.41, 5.74) is -0.145. The van der Waals surface area contributed by atoms with Gasteiger partial charge in [-0.15, -0.1) is 0 Å². The number of aromatic nitrogens is 1. The summed E-state index contributed by atoms with van der Waals surface area (Å²) in [5, 5.41) is 4.58. The summed E-state index contributed by atoms with van der Waals surface area (Å²) < 4.78 is 27.5. The van der Waals surface area contributed by atoms with Crippen LogP contribution in [-0.4, -0.2) is 55.0 Å². The van der Waals surface area contributed by atoms with Crippen LogP contribution in [0.4, 0.5) is 0 Å². The standard InChI is InChI=1S/C29H34N2O8/c1-17(2)26(39-23-13-9-11-21-10-7-8-12-22(21)23)19(4)38-29(34)18(3)31-28(33)25-27(37-16-36-20(5)32)24(35-6)14-15-30-25/h7-15,17-19,26H,16H2,1-6H3,(H,31,33)/t18-,19?,26+/m0/s1. The van der Waals surface area contributed by atoms with E-state index in [0.717, 1.165) is 10.8 Å². The minimum Gasteiger partial charge on any atom is -0.493 e. The highest BCUT2D eigenvalue weighted by atomic mass is 16.7. The molecule has 10 heteroatoms. The zero-order valence-electron chi connectivity index (χ0n) is 22.9. The van der Waals surface area contributed by atoms with Crippen molar-refractivity contribution in [3.8, 4) is 17.2 Å². The molecular weight excluding hydrogens is 504 g/mol. The average Bonchev–Trinajstić information content (AvgIpc) is 2.91. The number of ether oxygens (including phenoxy) is 5. The summed E-state index contributed by atoms with van der Waals surface area (Å²) in [6, 6.07) is 14.2. The summed E-state index contributed by atoms with van der Waals surface area (Å²) in [6.07, 6.45) is 0.299. The lowest BCUT2D eigenvalue weighted by molar-refractivity contribution is -0.155. The van der Waals surface area contributed by atoms with Crippen molar-refractivity contribution in [3.05, 3.63) is 60.4 Å². The van der Waals surface area contributed by atoms with Crippen LogP contribution in [0.15, 0.2) is 54.7 Å². The van der Waals surface area contributed by atoms with Crippen LogP contribution < -0.4 is 19.5 Å². The fraction of sp³-hybridized carbons (Fsp3) is 0.379. The summed E-state index contributed by atoms with van der Waals surface area (Å²) in [6.45, 7) is 8.01. The lowest BCUT2D eigenvalue weighted by Crippen LogP contribution is -2.44. The molecule has 0 spiro atoms. The molecule has 0 fully saturated rings. The highest BCUT2D eigenvalue weighted by molar-refractivity contribution is 5.98. The number of hydrogen-bond acceptors (Lipinski definition) is 9. The first-order valence-corrected chi connectivity index (χ1v) is 12.6. The van der Waals surface area contributed by atoms with E-state index in [-0.39, 0.29) is 23.1 Å². The molecule has 3 rings (SSSR count). The van der Waals surface area contributed by atoms with Gasteiger partial charge in [-0.3, -0.25) is 9.59 Å². The Kier molecular flexibility index (Phi) is 10.1. The number of rotatable bonds is 12. The van der Waals surface area contributed by atoms with Crippen molar-refractivity contribution < 1.29 is 38.1 Å². The second-order valence-corrected chi connectivity index (χ2v) is 9.23. The summed E-state index contributed by atoms with van der Waals surface area (Å²) in [4.78, 5) is 41.1. The fourth-order valence-corrected chi connectivity index (χ4v) is 3.96. The Morgan fingerprint density at radius 1 is 0.949 bits per heavy atom. The number of carbonyl (C=O) groups is 3. The van der Waals surface area contributed by atoms with Gasteiger partial charge in [-0.2, -0.15) is 0 Å². The molecule has 1 amide bonds. The Labute approximate surface area is 227 Å². The Morgan fingerprint density at radius 2 is 1.67 bits per heavy atom. The van der Waals surface area contributed by atoms with Crippen molar-refractivity contribution in [3.63, 3.8) is 0 Å². The second kappa shape index (κ2) is 13.5. The first-order valence-electron chi connectivity index (χ1n) is 12.6. The monoisotopic (exact) mass is 538 g/mol. The minimum absolute atomic E-state index is 0.0228. The van der Waals surface area contributed by atoms with Crippen molar-refractivity contribution in [1.82, 2.24) is 10.3 Å². The van der Waals surface area contributed by atoms with E-state index in [4.69, 9.17) is 23.7 Å². The molecule has 208 valence electrons. The van der Waals surface area contributed by atoms with Gasteiger partial charge in [-0.1, -0.05) is 50.2 Å². The molecule has 1 aromatic heterocycles. The van der Waals surface area contributed by atoms with Gasteiger partial charge in [-0.25, -0.2) is 9.78 Å². The van der Waals surface area contributed by atoms with Crippen LogP contribution in [0.5, 0.6) is 17.2 Å². The van der Waals surface area contributed by atoms with E-state index < -0.39 is 42.9 Å². The maximum Gasteiger partial charge on any atom is 0.328 e. The smallest absolute Gasteiger partial charge is 0.328 e. The third kappa shape index (κ3) is 7.59. The molecule has 2 aromatic carbocycles. The van der Waals surface area contributed by atoms with Crippen LogP contribution in [0, 0.1) is 5.92 Å². The van der Waals surface area contributed by atoms with Gasteiger partial charge in [0.15, 0.2) is 17.2 Å². The molecule has 0 aliphatic rings. The number of methoxy groups -OCH3 is 1. The molecule has 10 nitrogen and oxygen atoms in total. The number of esters is 2. The minimum atomic E-state index is -1.01. The van der Waals surface area contributed by atoms with E-state index >= 15 is 0 Å². The van der Waals surface area contributed by atoms with E-state index in [0.29, 0.717) is 5.75 Å². The van der Waals surface area contributed by atoms with E-state index in [1.54, 1.807) is 6.92 Å². The molecule has 0 saturated heterocycles. The lowest BCUT2D eigenvalue weighted by atomic mass is 10.0. The molecule has 0 radical (unpaired) electrons. The molecule has 0 aliphatic heterocycles.